The molecule has 1 unspecified atom stereocenters. The number of carbonyl (C=O) groups is 1. The lowest BCUT2D eigenvalue weighted by Crippen LogP contribution is -2.41. The molecule has 1 fully saturated rings. The van der Waals surface area contributed by atoms with Crippen molar-refractivity contribution in [2.45, 2.75) is 18.8 Å². The Balaban J connectivity index is 1.78. The summed E-state index contributed by atoms with van der Waals surface area (Å²) in [5.74, 6) is 1.59. The number of carbonyl (C=O) groups excluding carboxylic acids is 1. The van der Waals surface area contributed by atoms with Crippen LogP contribution in [0.3, 0.4) is 0 Å². The third-order valence-corrected chi connectivity index (χ3v) is 3.77. The molecule has 0 bridgehead atoms. The monoisotopic (exact) mass is 320 g/mol. The zero-order chi connectivity index (χ0) is 15.3. The molecule has 2 rings (SSSR count). The van der Waals surface area contributed by atoms with Gasteiger partial charge in [-0.05, 0) is 17.7 Å². The molecule has 8 heteroatoms. The van der Waals surface area contributed by atoms with Gasteiger partial charge in [0.25, 0.3) is 0 Å². The summed E-state index contributed by atoms with van der Waals surface area (Å²) in [6.45, 7) is -0.977. The number of amides is 1. The zero-order valence-corrected chi connectivity index (χ0v) is 11.9. The maximum atomic E-state index is 12.0. The summed E-state index contributed by atoms with van der Waals surface area (Å²) in [7, 11) is 0. The highest BCUT2D eigenvalue weighted by atomic mass is 32.2. The third kappa shape index (κ3) is 5.47. The average molecular weight is 320 g/mol. The first-order valence-corrected chi connectivity index (χ1v) is 7.47. The predicted octanol–water partition coefficient (Wildman–Crippen LogP) is 1.91. The van der Waals surface area contributed by atoms with Gasteiger partial charge in [-0.2, -0.15) is 13.2 Å². The fourth-order valence-corrected chi connectivity index (χ4v) is 2.69. The van der Waals surface area contributed by atoms with Crippen molar-refractivity contribution in [3.63, 3.8) is 0 Å². The highest BCUT2D eigenvalue weighted by Crippen LogP contribution is 2.18. The largest absolute Gasteiger partial charge is 0.484 e. The quantitative estimate of drug-likeness (QED) is 0.870. The van der Waals surface area contributed by atoms with E-state index in [0.717, 1.165) is 17.2 Å². The van der Waals surface area contributed by atoms with Gasteiger partial charge in [0.05, 0.1) is 6.04 Å². The van der Waals surface area contributed by atoms with Crippen LogP contribution in [-0.2, 0) is 11.3 Å². The zero-order valence-electron chi connectivity index (χ0n) is 11.1. The van der Waals surface area contributed by atoms with E-state index in [1.807, 2.05) is 0 Å². The normalized spacial score (nSPS) is 18.5. The molecule has 4 nitrogen and oxygen atoms in total. The van der Waals surface area contributed by atoms with E-state index >= 15 is 0 Å². The van der Waals surface area contributed by atoms with E-state index in [2.05, 4.69) is 15.4 Å². The number of alkyl halides is 3. The van der Waals surface area contributed by atoms with E-state index in [0.29, 0.717) is 6.54 Å². The fraction of sp³-hybridized carbons (Fsp3) is 0.462. The van der Waals surface area contributed by atoms with Crippen LogP contribution in [0.15, 0.2) is 24.3 Å². The minimum atomic E-state index is -4.35. The number of hydrogen-bond acceptors (Lipinski definition) is 4. The number of halogens is 3. The van der Waals surface area contributed by atoms with Crippen LogP contribution < -0.4 is 15.4 Å². The number of thioether (sulfide) groups is 1. The molecule has 0 saturated carbocycles. The second-order valence-electron chi connectivity index (χ2n) is 4.54. The summed E-state index contributed by atoms with van der Waals surface area (Å²) in [6, 6.07) is 5.99. The van der Waals surface area contributed by atoms with Gasteiger partial charge < -0.3 is 10.1 Å². The number of rotatable bonds is 5. The highest BCUT2D eigenvalue weighted by Gasteiger charge is 2.28. The second kappa shape index (κ2) is 7.04. The van der Waals surface area contributed by atoms with Crippen LogP contribution in [0.1, 0.15) is 5.56 Å². The van der Waals surface area contributed by atoms with E-state index < -0.39 is 12.8 Å². The Morgan fingerprint density at radius 1 is 1.38 bits per heavy atom. The first-order chi connectivity index (χ1) is 9.94. The Kier molecular flexibility index (Phi) is 5.35. The Labute approximate surface area is 124 Å². The van der Waals surface area contributed by atoms with Crippen molar-refractivity contribution >= 4 is 17.7 Å². The van der Waals surface area contributed by atoms with Crippen LogP contribution in [0.25, 0.3) is 0 Å². The highest BCUT2D eigenvalue weighted by molar-refractivity contribution is 7.99. The summed E-state index contributed by atoms with van der Waals surface area (Å²) >= 11 is 1.66. The van der Waals surface area contributed by atoms with Gasteiger partial charge in [-0.3, -0.25) is 10.1 Å². The smallest absolute Gasteiger partial charge is 0.422 e. The lowest BCUT2D eigenvalue weighted by Gasteiger charge is -2.11. The van der Waals surface area contributed by atoms with Crippen LogP contribution >= 0.6 is 11.8 Å². The molecule has 1 saturated heterocycles. The number of ether oxygens (including phenoxy) is 1. The molecule has 1 heterocycles. The Bertz CT molecular complexity index is 473. The summed E-state index contributed by atoms with van der Waals surface area (Å²) in [5.41, 5.74) is 0.799. The second-order valence-corrected chi connectivity index (χ2v) is 5.57. The molecule has 2 N–H and O–H groups in total. The van der Waals surface area contributed by atoms with Gasteiger partial charge in [-0.1, -0.05) is 12.1 Å². The van der Waals surface area contributed by atoms with Crippen LogP contribution in [0.5, 0.6) is 5.75 Å². The van der Waals surface area contributed by atoms with Gasteiger partial charge in [0.15, 0.2) is 6.61 Å². The summed E-state index contributed by atoms with van der Waals surface area (Å²) < 4.78 is 40.6. The van der Waals surface area contributed by atoms with E-state index in [1.165, 1.54) is 12.1 Å². The van der Waals surface area contributed by atoms with Crippen LogP contribution in [0.2, 0.25) is 0 Å². The van der Waals surface area contributed by atoms with Crippen molar-refractivity contribution in [1.82, 2.24) is 10.6 Å². The summed E-state index contributed by atoms with van der Waals surface area (Å²) in [4.78, 5) is 11.8. The maximum absolute atomic E-state index is 12.0. The Morgan fingerprint density at radius 2 is 2.10 bits per heavy atom. The van der Waals surface area contributed by atoms with Crippen LogP contribution in [0.4, 0.5) is 13.2 Å². The molecule has 0 radical (unpaired) electrons. The predicted molar refractivity (Wildman–Crippen MR) is 74.1 cm³/mol. The molecular weight excluding hydrogens is 305 g/mol. The SMILES string of the molecule is O=C(NCc1ccc(OCC(F)(F)F)cc1)C1CSCN1. The lowest BCUT2D eigenvalue weighted by atomic mass is 10.2. The molecule has 1 aliphatic heterocycles. The van der Waals surface area contributed by atoms with Gasteiger partial charge >= 0.3 is 6.18 Å². The molecule has 0 aromatic heterocycles. The fourth-order valence-electron chi connectivity index (χ4n) is 1.74. The van der Waals surface area contributed by atoms with Gasteiger partial charge in [-0.15, -0.1) is 11.8 Å². The maximum Gasteiger partial charge on any atom is 0.422 e. The Morgan fingerprint density at radius 3 is 2.67 bits per heavy atom. The van der Waals surface area contributed by atoms with Crippen molar-refractivity contribution in [3.8, 4) is 5.75 Å². The van der Waals surface area contributed by atoms with E-state index in [1.54, 1.807) is 23.9 Å². The van der Waals surface area contributed by atoms with Gasteiger partial charge in [-0.25, -0.2) is 0 Å². The van der Waals surface area contributed by atoms with Crippen molar-refractivity contribution < 1.29 is 22.7 Å². The van der Waals surface area contributed by atoms with Crippen molar-refractivity contribution in [2.24, 2.45) is 0 Å². The van der Waals surface area contributed by atoms with Gasteiger partial charge in [0.2, 0.25) is 5.91 Å². The molecule has 116 valence electrons. The number of benzene rings is 1. The summed E-state index contributed by atoms with van der Waals surface area (Å²) in [5, 5.41) is 5.84. The standard InChI is InChI=1S/C13H15F3N2O2S/c14-13(15,16)7-20-10-3-1-9(2-4-10)5-17-12(19)11-6-21-8-18-11/h1-4,11,18H,5-8H2,(H,17,19). The van der Waals surface area contributed by atoms with Gasteiger partial charge in [0, 0.05) is 18.2 Å². The van der Waals surface area contributed by atoms with Crippen molar-refractivity contribution in [2.75, 3.05) is 18.2 Å². The molecule has 1 aromatic rings. The Hall–Kier alpha value is -1.41. The molecule has 1 atom stereocenters. The van der Waals surface area contributed by atoms with Crippen LogP contribution in [0, 0.1) is 0 Å². The number of hydrogen-bond donors (Lipinski definition) is 2. The molecule has 1 aliphatic rings. The summed E-state index contributed by atoms with van der Waals surface area (Å²) in [6.07, 6.45) is -4.35. The first kappa shape index (κ1) is 16.0. The first-order valence-electron chi connectivity index (χ1n) is 6.31. The van der Waals surface area contributed by atoms with E-state index in [-0.39, 0.29) is 17.7 Å². The number of nitrogens with one attached hydrogen (secondary N) is 2. The average Bonchev–Trinajstić information content (AvgIpc) is 2.97. The molecule has 1 aromatic carbocycles. The minimum absolute atomic E-state index is 0.0719. The minimum Gasteiger partial charge on any atom is -0.484 e. The lowest BCUT2D eigenvalue weighted by molar-refractivity contribution is -0.153. The molecule has 21 heavy (non-hydrogen) atoms. The molecule has 0 aliphatic carbocycles. The molecule has 1 amide bonds. The van der Waals surface area contributed by atoms with E-state index in [4.69, 9.17) is 0 Å². The molecule has 0 spiro atoms. The van der Waals surface area contributed by atoms with Crippen molar-refractivity contribution in [3.05, 3.63) is 29.8 Å². The van der Waals surface area contributed by atoms with Gasteiger partial charge in [0.1, 0.15) is 5.75 Å². The van der Waals surface area contributed by atoms with E-state index in [9.17, 15) is 18.0 Å². The van der Waals surface area contributed by atoms with Crippen molar-refractivity contribution in [1.29, 1.82) is 0 Å². The third-order valence-electron chi connectivity index (χ3n) is 2.83. The molecular formula is C13H15F3N2O2S. The topological polar surface area (TPSA) is 50.4 Å². The van der Waals surface area contributed by atoms with Crippen LogP contribution in [-0.4, -0.2) is 36.4 Å².